The summed E-state index contributed by atoms with van der Waals surface area (Å²) in [7, 11) is -3.41. The molecule has 4 rings (SSSR count). The molecule has 0 saturated heterocycles. The zero-order valence-electron chi connectivity index (χ0n) is 17.8. The zero-order valence-corrected chi connectivity index (χ0v) is 18.6. The van der Waals surface area contributed by atoms with Crippen LogP contribution in [0.2, 0.25) is 0 Å². The van der Waals surface area contributed by atoms with Crippen LogP contribution in [0, 0.1) is 0 Å². The average Bonchev–Trinajstić information content (AvgIpc) is 2.78. The van der Waals surface area contributed by atoms with Crippen LogP contribution < -0.4 is 5.56 Å². The Bertz CT molecular complexity index is 1280. The first kappa shape index (κ1) is 22.2. The molecule has 8 heteroatoms. The number of sulfone groups is 1. The lowest BCUT2D eigenvalue weighted by atomic mass is 10.1. The molecule has 0 fully saturated rings. The van der Waals surface area contributed by atoms with Crippen molar-refractivity contribution in [2.45, 2.75) is 50.0 Å². The number of aryl methyl sites for hydroxylation is 1. The van der Waals surface area contributed by atoms with E-state index in [4.69, 9.17) is 4.74 Å². The maximum Gasteiger partial charge on any atom is 0.338 e. The van der Waals surface area contributed by atoms with Gasteiger partial charge in [-0.25, -0.2) is 18.2 Å². The summed E-state index contributed by atoms with van der Waals surface area (Å²) < 4.78 is 31.6. The molecule has 0 N–H and O–H groups in total. The highest BCUT2D eigenvalue weighted by atomic mass is 32.2. The maximum atomic E-state index is 12.9. The number of hydrogen-bond donors (Lipinski definition) is 0. The molecule has 0 atom stereocenters. The van der Waals surface area contributed by atoms with Gasteiger partial charge in [0.2, 0.25) is 0 Å². The molecule has 168 valence electrons. The molecule has 0 spiro atoms. The van der Waals surface area contributed by atoms with E-state index in [0.29, 0.717) is 23.0 Å². The van der Waals surface area contributed by atoms with Crippen molar-refractivity contribution in [1.29, 1.82) is 0 Å². The first-order valence-electron chi connectivity index (χ1n) is 10.9. The van der Waals surface area contributed by atoms with Crippen molar-refractivity contribution in [3.63, 3.8) is 0 Å². The Labute approximate surface area is 187 Å². The smallest absolute Gasteiger partial charge is 0.338 e. The minimum atomic E-state index is -3.41. The van der Waals surface area contributed by atoms with E-state index in [2.05, 4.69) is 4.98 Å². The van der Waals surface area contributed by atoms with Crippen LogP contribution >= 0.6 is 0 Å². The normalized spacial score (nSPS) is 14.4. The lowest BCUT2D eigenvalue weighted by molar-refractivity contribution is 0.0506. The molecule has 0 amide bonds. The van der Waals surface area contributed by atoms with E-state index >= 15 is 0 Å². The van der Waals surface area contributed by atoms with E-state index in [0.717, 1.165) is 37.9 Å². The van der Waals surface area contributed by atoms with Gasteiger partial charge in [0.15, 0.2) is 9.84 Å². The number of fused-ring (bicyclic) bond motifs is 2. The van der Waals surface area contributed by atoms with E-state index in [9.17, 15) is 18.0 Å². The molecule has 0 aliphatic carbocycles. The Kier molecular flexibility index (Phi) is 6.69. The van der Waals surface area contributed by atoms with E-state index in [1.807, 2.05) is 0 Å². The van der Waals surface area contributed by atoms with Crippen molar-refractivity contribution in [2.24, 2.45) is 0 Å². The molecular weight excluding hydrogens is 428 g/mol. The molecule has 0 radical (unpaired) electrons. The number of aromatic nitrogens is 2. The van der Waals surface area contributed by atoms with Gasteiger partial charge >= 0.3 is 5.97 Å². The predicted molar refractivity (Wildman–Crippen MR) is 122 cm³/mol. The first-order valence-corrected chi connectivity index (χ1v) is 12.6. The van der Waals surface area contributed by atoms with Crippen molar-refractivity contribution in [3.8, 4) is 0 Å². The van der Waals surface area contributed by atoms with Crippen LogP contribution in [0.4, 0.5) is 0 Å². The maximum absolute atomic E-state index is 12.9. The number of benzene rings is 2. The Morgan fingerprint density at radius 1 is 1.03 bits per heavy atom. The van der Waals surface area contributed by atoms with Crippen molar-refractivity contribution in [3.05, 3.63) is 70.3 Å². The van der Waals surface area contributed by atoms with E-state index in [1.54, 1.807) is 53.1 Å². The second kappa shape index (κ2) is 9.65. The molecule has 1 aliphatic heterocycles. The topological polar surface area (TPSA) is 95.3 Å². The van der Waals surface area contributed by atoms with Gasteiger partial charge in [-0.1, -0.05) is 31.0 Å². The van der Waals surface area contributed by atoms with Gasteiger partial charge in [-0.3, -0.25) is 9.36 Å². The minimum Gasteiger partial charge on any atom is -0.462 e. The summed E-state index contributed by atoms with van der Waals surface area (Å²) in [6.45, 7) is 0.663. The number of nitrogens with zero attached hydrogens (tertiary/aromatic N) is 2. The monoisotopic (exact) mass is 454 g/mol. The van der Waals surface area contributed by atoms with Gasteiger partial charge in [-0.05, 0) is 49.6 Å². The van der Waals surface area contributed by atoms with Crippen molar-refractivity contribution in [2.75, 3.05) is 12.4 Å². The Balaban J connectivity index is 1.43. The molecule has 3 aromatic rings. The molecule has 2 heterocycles. The van der Waals surface area contributed by atoms with Gasteiger partial charge in [0.05, 0.1) is 33.7 Å². The molecule has 0 saturated carbocycles. The molecule has 0 bridgehead atoms. The van der Waals surface area contributed by atoms with E-state index in [1.165, 1.54) is 0 Å². The summed E-state index contributed by atoms with van der Waals surface area (Å²) in [5, 5.41) is 0.486. The fourth-order valence-corrected chi connectivity index (χ4v) is 5.27. The van der Waals surface area contributed by atoms with Gasteiger partial charge in [-0.2, -0.15) is 0 Å². The Morgan fingerprint density at radius 3 is 2.62 bits per heavy atom. The quantitative estimate of drug-likeness (QED) is 0.418. The number of carbonyl (C=O) groups excluding carboxylic acids is 1. The van der Waals surface area contributed by atoms with Gasteiger partial charge in [0.1, 0.15) is 5.82 Å². The van der Waals surface area contributed by atoms with Crippen LogP contribution in [0.5, 0.6) is 0 Å². The molecule has 7 nitrogen and oxygen atoms in total. The van der Waals surface area contributed by atoms with E-state index in [-0.39, 0.29) is 29.2 Å². The van der Waals surface area contributed by atoms with Crippen LogP contribution in [0.25, 0.3) is 10.9 Å². The number of ether oxygens (including phenoxy) is 1. The van der Waals surface area contributed by atoms with Gasteiger partial charge in [-0.15, -0.1) is 0 Å². The summed E-state index contributed by atoms with van der Waals surface area (Å²) in [4.78, 5) is 30.3. The van der Waals surface area contributed by atoms with Crippen LogP contribution in [-0.4, -0.2) is 36.3 Å². The Morgan fingerprint density at radius 2 is 1.81 bits per heavy atom. The number of esters is 1. The summed E-state index contributed by atoms with van der Waals surface area (Å²) >= 11 is 0. The lowest BCUT2D eigenvalue weighted by Gasteiger charge is -2.16. The standard InChI is InChI=1S/C24H26N2O5S/c27-23-20-13-12-18(17-21(20)25-22-11-6-1-2-7-14-26(22)23)24(28)31-15-8-16-32(29,30)19-9-4-3-5-10-19/h3-5,9-10,12-13,17H,1-2,6-8,11,14-16H2. The van der Waals surface area contributed by atoms with Gasteiger partial charge in [0, 0.05) is 13.0 Å². The summed E-state index contributed by atoms with van der Waals surface area (Å²) in [5.74, 6) is 0.100. The number of rotatable bonds is 6. The SMILES string of the molecule is O=C(OCCCS(=O)(=O)c1ccccc1)c1ccc2c(=O)n3c(nc2c1)CCCCCC3. The van der Waals surface area contributed by atoms with Crippen LogP contribution in [0.1, 0.15) is 48.3 Å². The van der Waals surface area contributed by atoms with Crippen LogP contribution in [0.15, 0.2) is 58.2 Å². The van der Waals surface area contributed by atoms with Gasteiger partial charge in [0.25, 0.3) is 5.56 Å². The fraction of sp³-hybridized carbons (Fsp3) is 0.375. The highest BCUT2D eigenvalue weighted by Gasteiger charge is 2.17. The number of carbonyl (C=O) groups is 1. The highest BCUT2D eigenvalue weighted by Crippen LogP contribution is 2.17. The third-order valence-electron chi connectivity index (χ3n) is 5.70. The molecule has 32 heavy (non-hydrogen) atoms. The zero-order chi connectivity index (χ0) is 22.6. The number of hydrogen-bond acceptors (Lipinski definition) is 6. The average molecular weight is 455 g/mol. The second-order valence-electron chi connectivity index (χ2n) is 8.00. The molecular formula is C24H26N2O5S. The van der Waals surface area contributed by atoms with Crippen molar-refractivity contribution < 1.29 is 17.9 Å². The van der Waals surface area contributed by atoms with Gasteiger partial charge < -0.3 is 4.74 Å². The fourth-order valence-electron chi connectivity index (χ4n) is 3.96. The van der Waals surface area contributed by atoms with Crippen molar-refractivity contribution >= 4 is 26.7 Å². The molecule has 1 aliphatic rings. The predicted octanol–water partition coefficient (Wildman–Crippen LogP) is 3.53. The molecule has 2 aromatic carbocycles. The third-order valence-corrected chi connectivity index (χ3v) is 7.51. The lowest BCUT2D eigenvalue weighted by Crippen LogP contribution is -2.26. The molecule has 0 unspecified atom stereocenters. The minimum absolute atomic E-state index is 0.0107. The Hall–Kier alpha value is -3.00. The van der Waals surface area contributed by atoms with Crippen molar-refractivity contribution in [1.82, 2.24) is 9.55 Å². The summed E-state index contributed by atoms with van der Waals surface area (Å²) in [6.07, 6.45) is 5.14. The third kappa shape index (κ3) is 4.91. The second-order valence-corrected chi connectivity index (χ2v) is 10.1. The first-order chi connectivity index (χ1) is 15.5. The van der Waals surface area contributed by atoms with Crippen LogP contribution in [0.3, 0.4) is 0 Å². The highest BCUT2D eigenvalue weighted by molar-refractivity contribution is 7.91. The van der Waals surface area contributed by atoms with E-state index < -0.39 is 15.8 Å². The molecule has 1 aromatic heterocycles. The largest absolute Gasteiger partial charge is 0.462 e. The summed E-state index contributed by atoms with van der Waals surface area (Å²) in [6, 6.07) is 13.0. The summed E-state index contributed by atoms with van der Waals surface area (Å²) in [5.41, 5.74) is 0.715. The van der Waals surface area contributed by atoms with Crippen LogP contribution in [-0.2, 0) is 27.5 Å².